The van der Waals surface area contributed by atoms with Gasteiger partial charge in [-0.15, -0.1) is 0 Å². The zero-order chi connectivity index (χ0) is 15.0. The number of rotatable bonds is 3. The average Bonchev–Trinajstić information content (AvgIpc) is 2.74. The molecule has 1 aliphatic carbocycles. The Balaban J connectivity index is 1.78. The first-order valence-corrected chi connectivity index (χ1v) is 7.33. The minimum atomic E-state index is -0.682. The smallest absolute Gasteiger partial charge is 0.306 e. The number of carboxylic acid groups (broad SMARTS) is 1. The van der Waals surface area contributed by atoms with Crippen molar-refractivity contribution in [3.63, 3.8) is 0 Å². The third kappa shape index (κ3) is 2.70. The summed E-state index contributed by atoms with van der Waals surface area (Å²) in [6.07, 6.45) is 5.23. The van der Waals surface area contributed by atoms with E-state index in [0.29, 0.717) is 6.42 Å². The highest BCUT2D eigenvalue weighted by Crippen LogP contribution is 2.28. The molecule has 0 spiro atoms. The lowest BCUT2D eigenvalue weighted by Gasteiger charge is -2.28. The molecule has 21 heavy (non-hydrogen) atoms. The Labute approximate surface area is 123 Å². The Morgan fingerprint density at radius 3 is 3.05 bits per heavy atom. The summed E-state index contributed by atoms with van der Waals surface area (Å²) in [5.74, 6) is -0.911. The van der Waals surface area contributed by atoms with Crippen LogP contribution in [-0.2, 0) is 11.8 Å². The van der Waals surface area contributed by atoms with Crippen molar-refractivity contribution in [2.24, 2.45) is 13.0 Å². The van der Waals surface area contributed by atoms with E-state index in [1.807, 2.05) is 14.0 Å². The highest BCUT2D eigenvalue weighted by Gasteiger charge is 2.26. The first kappa shape index (κ1) is 13.9. The molecular formula is C15H20N4O2. The SMILES string of the molecule is Cc1nn(C)c2ncc(NC3CCCC(C(=O)O)C3)cc12. The summed E-state index contributed by atoms with van der Waals surface area (Å²) in [4.78, 5) is 15.6. The fraction of sp³-hybridized carbons (Fsp3) is 0.533. The van der Waals surface area contributed by atoms with Crippen LogP contribution in [0.2, 0.25) is 0 Å². The van der Waals surface area contributed by atoms with Gasteiger partial charge in [-0.3, -0.25) is 9.48 Å². The van der Waals surface area contributed by atoms with Crippen molar-refractivity contribution in [3.8, 4) is 0 Å². The molecule has 0 aliphatic heterocycles. The molecule has 2 unspecified atom stereocenters. The number of nitrogens with zero attached hydrogens (tertiary/aromatic N) is 3. The number of nitrogens with one attached hydrogen (secondary N) is 1. The predicted molar refractivity (Wildman–Crippen MR) is 80.3 cm³/mol. The minimum absolute atomic E-state index is 0.205. The van der Waals surface area contributed by atoms with Crippen LogP contribution < -0.4 is 5.32 Å². The van der Waals surface area contributed by atoms with Crippen LogP contribution in [0.3, 0.4) is 0 Å². The summed E-state index contributed by atoms with van der Waals surface area (Å²) < 4.78 is 1.77. The zero-order valence-corrected chi connectivity index (χ0v) is 12.3. The van der Waals surface area contributed by atoms with Gasteiger partial charge in [0.2, 0.25) is 0 Å². The Kier molecular flexibility index (Phi) is 3.53. The summed E-state index contributed by atoms with van der Waals surface area (Å²) in [7, 11) is 1.88. The van der Waals surface area contributed by atoms with Gasteiger partial charge in [-0.25, -0.2) is 4.98 Å². The van der Waals surface area contributed by atoms with E-state index in [4.69, 9.17) is 5.11 Å². The van der Waals surface area contributed by atoms with Crippen LogP contribution in [0.25, 0.3) is 11.0 Å². The monoisotopic (exact) mass is 288 g/mol. The standard InChI is InChI=1S/C15H20N4O2/c1-9-13-7-12(8-16-14(13)19(2)18-9)17-11-5-3-4-10(6-11)15(20)21/h7-8,10-11,17H,3-6H2,1-2H3,(H,20,21). The van der Waals surface area contributed by atoms with Gasteiger partial charge in [0, 0.05) is 18.5 Å². The van der Waals surface area contributed by atoms with Gasteiger partial charge in [-0.05, 0) is 32.3 Å². The summed E-state index contributed by atoms with van der Waals surface area (Å²) in [6, 6.07) is 2.26. The second kappa shape index (κ2) is 5.35. The molecule has 0 bridgehead atoms. The number of hydrogen-bond acceptors (Lipinski definition) is 4. The minimum Gasteiger partial charge on any atom is -0.481 e. The van der Waals surface area contributed by atoms with Crippen LogP contribution in [0, 0.1) is 12.8 Å². The topological polar surface area (TPSA) is 80.0 Å². The number of pyridine rings is 1. The van der Waals surface area contributed by atoms with Crippen molar-refractivity contribution < 1.29 is 9.90 Å². The fourth-order valence-corrected chi connectivity index (χ4v) is 3.17. The first-order chi connectivity index (χ1) is 10.0. The molecule has 6 heteroatoms. The molecule has 0 saturated heterocycles. The third-order valence-corrected chi connectivity index (χ3v) is 4.26. The number of anilines is 1. The molecule has 0 aromatic carbocycles. The molecule has 2 aromatic heterocycles. The van der Waals surface area contributed by atoms with E-state index in [0.717, 1.165) is 41.7 Å². The van der Waals surface area contributed by atoms with Crippen LogP contribution in [0.4, 0.5) is 5.69 Å². The maximum Gasteiger partial charge on any atom is 0.306 e. The van der Waals surface area contributed by atoms with Crippen molar-refractivity contribution in [1.29, 1.82) is 0 Å². The molecule has 6 nitrogen and oxygen atoms in total. The second-order valence-electron chi connectivity index (χ2n) is 5.85. The number of aromatic nitrogens is 3. The van der Waals surface area contributed by atoms with Gasteiger partial charge in [0.15, 0.2) is 5.65 Å². The van der Waals surface area contributed by atoms with Crippen LogP contribution in [0.1, 0.15) is 31.4 Å². The molecular weight excluding hydrogens is 268 g/mol. The van der Waals surface area contributed by atoms with E-state index in [2.05, 4.69) is 21.5 Å². The van der Waals surface area contributed by atoms with E-state index in [1.54, 1.807) is 10.9 Å². The Morgan fingerprint density at radius 2 is 2.29 bits per heavy atom. The van der Waals surface area contributed by atoms with Crippen LogP contribution in [0.5, 0.6) is 0 Å². The number of carboxylic acids is 1. The molecule has 2 atom stereocenters. The van der Waals surface area contributed by atoms with Crippen molar-refractivity contribution in [2.75, 3.05) is 5.32 Å². The van der Waals surface area contributed by atoms with Gasteiger partial charge in [0.25, 0.3) is 0 Å². The third-order valence-electron chi connectivity index (χ3n) is 4.26. The van der Waals surface area contributed by atoms with Gasteiger partial charge in [0.05, 0.1) is 23.5 Å². The molecule has 2 heterocycles. The molecule has 0 amide bonds. The lowest BCUT2D eigenvalue weighted by Crippen LogP contribution is -2.30. The van der Waals surface area contributed by atoms with Crippen LogP contribution >= 0.6 is 0 Å². The average molecular weight is 288 g/mol. The van der Waals surface area contributed by atoms with Gasteiger partial charge in [-0.2, -0.15) is 5.10 Å². The molecule has 2 aromatic rings. The summed E-state index contributed by atoms with van der Waals surface area (Å²) in [5, 5.41) is 18.0. The van der Waals surface area contributed by atoms with Gasteiger partial charge >= 0.3 is 5.97 Å². The van der Waals surface area contributed by atoms with Gasteiger partial charge < -0.3 is 10.4 Å². The Hall–Kier alpha value is -2.11. The van der Waals surface area contributed by atoms with E-state index < -0.39 is 5.97 Å². The number of carbonyl (C=O) groups is 1. The summed E-state index contributed by atoms with van der Waals surface area (Å²) in [5.41, 5.74) is 2.76. The number of fused-ring (bicyclic) bond motifs is 1. The van der Waals surface area contributed by atoms with Crippen molar-refractivity contribution >= 4 is 22.7 Å². The zero-order valence-electron chi connectivity index (χ0n) is 12.3. The molecule has 1 fully saturated rings. The Bertz CT molecular complexity index is 680. The molecule has 1 saturated carbocycles. The first-order valence-electron chi connectivity index (χ1n) is 7.33. The van der Waals surface area contributed by atoms with E-state index in [1.165, 1.54) is 0 Å². The van der Waals surface area contributed by atoms with Crippen molar-refractivity contribution in [2.45, 2.75) is 38.6 Å². The highest BCUT2D eigenvalue weighted by molar-refractivity contribution is 5.81. The maximum absolute atomic E-state index is 11.1. The number of hydrogen-bond donors (Lipinski definition) is 2. The Morgan fingerprint density at radius 1 is 1.48 bits per heavy atom. The second-order valence-corrected chi connectivity index (χ2v) is 5.85. The lowest BCUT2D eigenvalue weighted by atomic mass is 9.86. The molecule has 2 N–H and O–H groups in total. The number of aryl methyl sites for hydroxylation is 2. The molecule has 1 aliphatic rings. The number of aliphatic carboxylic acids is 1. The highest BCUT2D eigenvalue weighted by atomic mass is 16.4. The predicted octanol–water partition coefficient (Wildman–Crippen LogP) is 2.33. The largest absolute Gasteiger partial charge is 0.481 e. The van der Waals surface area contributed by atoms with Crippen LogP contribution in [0.15, 0.2) is 12.3 Å². The van der Waals surface area contributed by atoms with E-state index in [-0.39, 0.29) is 12.0 Å². The lowest BCUT2D eigenvalue weighted by molar-refractivity contribution is -0.142. The van der Waals surface area contributed by atoms with E-state index in [9.17, 15) is 4.79 Å². The van der Waals surface area contributed by atoms with E-state index >= 15 is 0 Å². The molecule has 3 rings (SSSR count). The normalized spacial score (nSPS) is 22.4. The molecule has 0 radical (unpaired) electrons. The maximum atomic E-state index is 11.1. The summed E-state index contributed by atoms with van der Waals surface area (Å²) >= 11 is 0. The quantitative estimate of drug-likeness (QED) is 0.906. The van der Waals surface area contributed by atoms with Crippen LogP contribution in [-0.4, -0.2) is 31.9 Å². The van der Waals surface area contributed by atoms with Gasteiger partial charge in [0.1, 0.15) is 0 Å². The fourth-order valence-electron chi connectivity index (χ4n) is 3.17. The van der Waals surface area contributed by atoms with Crippen molar-refractivity contribution in [1.82, 2.24) is 14.8 Å². The van der Waals surface area contributed by atoms with Crippen molar-refractivity contribution in [3.05, 3.63) is 18.0 Å². The van der Waals surface area contributed by atoms with Gasteiger partial charge in [-0.1, -0.05) is 6.42 Å². The summed E-state index contributed by atoms with van der Waals surface area (Å²) in [6.45, 7) is 1.97. The molecule has 112 valence electrons.